The van der Waals surface area contributed by atoms with Gasteiger partial charge in [0.25, 0.3) is 5.91 Å². The topological polar surface area (TPSA) is 73.5 Å². The summed E-state index contributed by atoms with van der Waals surface area (Å²) in [6.07, 6.45) is 0.496. The molecule has 0 unspecified atom stereocenters. The molecule has 4 rings (SSSR count). The first kappa shape index (κ1) is 20.6. The van der Waals surface area contributed by atoms with Gasteiger partial charge in [0.15, 0.2) is 9.84 Å². The summed E-state index contributed by atoms with van der Waals surface area (Å²) in [5, 5.41) is 1.02. The second-order valence-electron chi connectivity index (χ2n) is 7.53. The lowest BCUT2D eigenvalue weighted by Crippen LogP contribution is -2.49. The Morgan fingerprint density at radius 3 is 2.40 bits per heavy atom. The molecule has 6 nitrogen and oxygen atoms in total. The summed E-state index contributed by atoms with van der Waals surface area (Å²) < 4.78 is 37.7. The largest absolute Gasteiger partial charge is 0.351 e. The molecule has 158 valence electrons. The Balaban J connectivity index is 1.26. The molecule has 1 N–H and O–H groups in total. The van der Waals surface area contributed by atoms with Gasteiger partial charge in [0, 0.05) is 37.1 Å². The standard InChI is InChI=1S/C22H24FN3O3S/c23-18-6-8-19(9-7-18)30(28,29)15-3-10-25-11-13-26(14-12-25)22(27)21-16-17-4-1-2-5-20(17)24-21/h1-2,4-9,16,24H,3,10-15H2. The fraction of sp³-hybridized carbons (Fsp3) is 0.318. The van der Waals surface area contributed by atoms with Gasteiger partial charge in [-0.3, -0.25) is 9.69 Å². The number of nitrogens with zero attached hydrogens (tertiary/aromatic N) is 2. The molecule has 1 fully saturated rings. The predicted octanol–water partition coefficient (Wildman–Crippen LogP) is 2.93. The quantitative estimate of drug-likeness (QED) is 0.612. The Labute approximate surface area is 175 Å². The number of sulfone groups is 1. The van der Waals surface area contributed by atoms with Crippen molar-refractivity contribution in [1.82, 2.24) is 14.8 Å². The molecular formula is C22H24FN3O3S. The SMILES string of the molecule is O=C(c1cc2ccccc2[nH]1)N1CCN(CCCS(=O)(=O)c2ccc(F)cc2)CC1. The molecule has 1 aliphatic rings. The number of carbonyl (C=O) groups excluding carboxylic acids is 1. The minimum Gasteiger partial charge on any atom is -0.351 e. The van der Waals surface area contributed by atoms with Gasteiger partial charge in [0.1, 0.15) is 11.5 Å². The van der Waals surface area contributed by atoms with E-state index in [-0.39, 0.29) is 16.6 Å². The van der Waals surface area contributed by atoms with Gasteiger partial charge < -0.3 is 9.88 Å². The van der Waals surface area contributed by atoms with Crippen LogP contribution in [0.3, 0.4) is 0 Å². The zero-order valence-corrected chi connectivity index (χ0v) is 17.4. The van der Waals surface area contributed by atoms with E-state index < -0.39 is 15.7 Å². The Morgan fingerprint density at radius 2 is 1.70 bits per heavy atom. The Hall–Kier alpha value is -2.71. The zero-order chi connectivity index (χ0) is 21.1. The van der Waals surface area contributed by atoms with Gasteiger partial charge in [0.05, 0.1) is 10.6 Å². The molecule has 8 heteroatoms. The van der Waals surface area contributed by atoms with Crippen LogP contribution in [0.15, 0.2) is 59.5 Å². The molecule has 30 heavy (non-hydrogen) atoms. The summed E-state index contributed by atoms with van der Waals surface area (Å²) >= 11 is 0. The molecule has 2 aromatic carbocycles. The summed E-state index contributed by atoms with van der Waals surface area (Å²) in [5.74, 6) is -0.439. The van der Waals surface area contributed by atoms with E-state index in [0.29, 0.717) is 44.8 Å². The molecule has 0 saturated carbocycles. The number of para-hydroxylation sites is 1. The van der Waals surface area contributed by atoms with Gasteiger partial charge in [-0.1, -0.05) is 18.2 Å². The summed E-state index contributed by atoms with van der Waals surface area (Å²) in [5.41, 5.74) is 1.54. The molecule has 0 spiro atoms. The van der Waals surface area contributed by atoms with Crippen LogP contribution in [0.1, 0.15) is 16.9 Å². The van der Waals surface area contributed by atoms with Crippen molar-refractivity contribution in [3.8, 4) is 0 Å². The number of aromatic amines is 1. The summed E-state index contributed by atoms with van der Waals surface area (Å²) in [6, 6.07) is 14.6. The lowest BCUT2D eigenvalue weighted by molar-refractivity contribution is 0.0633. The fourth-order valence-corrected chi connectivity index (χ4v) is 5.07. The van der Waals surface area contributed by atoms with Crippen LogP contribution in [-0.2, 0) is 9.84 Å². The van der Waals surface area contributed by atoms with E-state index in [4.69, 9.17) is 0 Å². The van der Waals surface area contributed by atoms with Gasteiger partial charge >= 0.3 is 0 Å². The maximum Gasteiger partial charge on any atom is 0.270 e. The highest BCUT2D eigenvalue weighted by Gasteiger charge is 2.23. The highest BCUT2D eigenvalue weighted by molar-refractivity contribution is 7.91. The number of piperazine rings is 1. The molecule has 0 bridgehead atoms. The molecule has 1 aromatic heterocycles. The smallest absolute Gasteiger partial charge is 0.270 e. The highest BCUT2D eigenvalue weighted by Crippen LogP contribution is 2.17. The van der Waals surface area contributed by atoms with Crippen molar-refractivity contribution in [2.24, 2.45) is 0 Å². The fourth-order valence-electron chi connectivity index (χ4n) is 3.77. The van der Waals surface area contributed by atoms with Crippen LogP contribution in [0.2, 0.25) is 0 Å². The highest BCUT2D eigenvalue weighted by atomic mass is 32.2. The monoisotopic (exact) mass is 429 g/mol. The van der Waals surface area contributed by atoms with Gasteiger partial charge in [-0.2, -0.15) is 0 Å². The van der Waals surface area contributed by atoms with E-state index in [1.54, 1.807) is 0 Å². The Bertz CT molecular complexity index is 1100. The van der Waals surface area contributed by atoms with Crippen LogP contribution in [0, 0.1) is 5.82 Å². The van der Waals surface area contributed by atoms with Crippen LogP contribution in [-0.4, -0.2) is 67.6 Å². The zero-order valence-electron chi connectivity index (χ0n) is 16.6. The first-order chi connectivity index (χ1) is 14.4. The average molecular weight is 430 g/mol. The van der Waals surface area contributed by atoms with Crippen LogP contribution < -0.4 is 0 Å². The number of carbonyl (C=O) groups is 1. The van der Waals surface area contributed by atoms with E-state index in [9.17, 15) is 17.6 Å². The molecule has 1 saturated heterocycles. The van der Waals surface area contributed by atoms with Gasteiger partial charge in [0.2, 0.25) is 0 Å². The van der Waals surface area contributed by atoms with Crippen LogP contribution >= 0.6 is 0 Å². The molecule has 0 aliphatic carbocycles. The van der Waals surface area contributed by atoms with Crippen LogP contribution in [0.4, 0.5) is 4.39 Å². The number of rotatable bonds is 6. The molecule has 3 aromatic rings. The number of hydrogen-bond acceptors (Lipinski definition) is 4. The van der Waals surface area contributed by atoms with E-state index >= 15 is 0 Å². The van der Waals surface area contributed by atoms with E-state index in [1.165, 1.54) is 12.1 Å². The number of fused-ring (bicyclic) bond motifs is 1. The van der Waals surface area contributed by atoms with Gasteiger partial charge in [-0.05, 0) is 49.4 Å². The third-order valence-electron chi connectivity index (χ3n) is 5.48. The maximum absolute atomic E-state index is 13.0. The number of halogens is 1. The Morgan fingerprint density at radius 1 is 1.00 bits per heavy atom. The molecule has 0 atom stereocenters. The predicted molar refractivity (Wildman–Crippen MR) is 114 cm³/mol. The van der Waals surface area contributed by atoms with Crippen molar-refractivity contribution < 1.29 is 17.6 Å². The molecule has 0 radical (unpaired) electrons. The first-order valence-electron chi connectivity index (χ1n) is 10.0. The maximum atomic E-state index is 13.0. The van der Waals surface area contributed by atoms with Crippen molar-refractivity contribution in [2.45, 2.75) is 11.3 Å². The molecular weight excluding hydrogens is 405 g/mol. The van der Waals surface area contributed by atoms with Crippen molar-refractivity contribution in [2.75, 3.05) is 38.5 Å². The second kappa shape index (κ2) is 8.57. The average Bonchev–Trinajstić information content (AvgIpc) is 3.18. The third kappa shape index (κ3) is 4.55. The van der Waals surface area contributed by atoms with Gasteiger partial charge in [-0.25, -0.2) is 12.8 Å². The number of benzene rings is 2. The number of hydrogen-bond donors (Lipinski definition) is 1. The normalized spacial score (nSPS) is 15.6. The third-order valence-corrected chi connectivity index (χ3v) is 7.30. The van der Waals surface area contributed by atoms with Crippen molar-refractivity contribution >= 4 is 26.6 Å². The number of nitrogens with one attached hydrogen (secondary N) is 1. The van der Waals surface area contributed by atoms with Crippen molar-refractivity contribution in [1.29, 1.82) is 0 Å². The second-order valence-corrected chi connectivity index (χ2v) is 9.64. The minimum atomic E-state index is -3.41. The van der Waals surface area contributed by atoms with Crippen molar-refractivity contribution in [3.05, 3.63) is 66.1 Å². The number of amides is 1. The van der Waals surface area contributed by atoms with Gasteiger partial charge in [-0.15, -0.1) is 0 Å². The molecule has 2 heterocycles. The summed E-state index contributed by atoms with van der Waals surface area (Å²) in [6.45, 7) is 3.29. The van der Waals surface area contributed by atoms with Crippen LogP contribution in [0.25, 0.3) is 10.9 Å². The molecule has 1 amide bonds. The summed E-state index contributed by atoms with van der Waals surface area (Å²) in [4.78, 5) is 20.1. The van der Waals surface area contributed by atoms with Crippen molar-refractivity contribution in [3.63, 3.8) is 0 Å². The van der Waals surface area contributed by atoms with Crippen LogP contribution in [0.5, 0.6) is 0 Å². The first-order valence-corrected chi connectivity index (χ1v) is 11.7. The van der Waals surface area contributed by atoms with E-state index in [2.05, 4.69) is 9.88 Å². The lowest BCUT2D eigenvalue weighted by atomic mass is 10.2. The van der Waals surface area contributed by atoms with E-state index in [1.807, 2.05) is 35.2 Å². The number of aromatic nitrogens is 1. The Kier molecular flexibility index (Phi) is 5.87. The molecule has 1 aliphatic heterocycles. The lowest BCUT2D eigenvalue weighted by Gasteiger charge is -2.34. The summed E-state index contributed by atoms with van der Waals surface area (Å²) in [7, 11) is -3.41. The number of H-pyrrole nitrogens is 1. The van der Waals surface area contributed by atoms with E-state index in [0.717, 1.165) is 23.0 Å². The minimum absolute atomic E-state index is 0.00950.